The predicted octanol–water partition coefficient (Wildman–Crippen LogP) is 4.13. The second-order valence-electron chi connectivity index (χ2n) is 6.38. The van der Waals surface area contributed by atoms with Crippen molar-refractivity contribution in [2.24, 2.45) is 0 Å². The molecule has 1 unspecified atom stereocenters. The number of anilines is 1. The van der Waals surface area contributed by atoms with Gasteiger partial charge in [-0.3, -0.25) is 0 Å². The van der Waals surface area contributed by atoms with Crippen LogP contribution in [0.5, 0.6) is 11.6 Å². The maximum atomic E-state index is 10.7. The Hall–Kier alpha value is -3.39. The quantitative estimate of drug-likeness (QED) is 0.509. The normalized spacial score (nSPS) is 11.5. The van der Waals surface area contributed by atoms with Crippen molar-refractivity contribution in [3.05, 3.63) is 71.1 Å². The molecule has 0 aliphatic carbocycles. The number of amides is 1. The highest BCUT2D eigenvalue weighted by atomic mass is 35.5. The lowest BCUT2D eigenvalue weighted by Crippen LogP contribution is -2.32. The van der Waals surface area contributed by atoms with Crippen LogP contribution in [-0.4, -0.2) is 32.2 Å². The van der Waals surface area contributed by atoms with Gasteiger partial charge in [-0.15, -0.1) is 0 Å². The van der Waals surface area contributed by atoms with Crippen molar-refractivity contribution < 1.29 is 14.6 Å². The van der Waals surface area contributed by atoms with Gasteiger partial charge in [-0.25, -0.2) is 19.7 Å². The molecule has 2 heterocycles. The van der Waals surface area contributed by atoms with Gasteiger partial charge in [0, 0.05) is 24.8 Å². The van der Waals surface area contributed by atoms with E-state index in [0.717, 1.165) is 11.1 Å². The summed E-state index contributed by atoms with van der Waals surface area (Å²) in [5.41, 5.74) is 1.96. The molecule has 1 atom stereocenters. The Morgan fingerprint density at radius 1 is 1.14 bits per heavy atom. The number of rotatable bonds is 8. The molecular formula is C20H20ClN5O3. The van der Waals surface area contributed by atoms with Crippen LogP contribution in [0.25, 0.3) is 0 Å². The standard InChI is InChI=1S/C20H20ClN5O3/c1-13(26-20(27)28)8-14-2-4-17(5-3-14)29-18-9-15(6-7-22-18)10-23-19-24-11-16(21)12-25-19/h2-7,9,11-13,26H,8,10H2,1H3,(H,27,28)(H,23,24,25). The van der Waals surface area contributed by atoms with Gasteiger partial charge >= 0.3 is 6.09 Å². The van der Waals surface area contributed by atoms with Crippen molar-refractivity contribution >= 4 is 23.6 Å². The molecular weight excluding hydrogens is 394 g/mol. The summed E-state index contributed by atoms with van der Waals surface area (Å²) in [6.45, 7) is 2.32. The van der Waals surface area contributed by atoms with Gasteiger partial charge in [0.2, 0.25) is 11.8 Å². The van der Waals surface area contributed by atoms with Crippen LogP contribution < -0.4 is 15.4 Å². The van der Waals surface area contributed by atoms with Crippen molar-refractivity contribution in [1.29, 1.82) is 0 Å². The van der Waals surface area contributed by atoms with E-state index in [2.05, 4.69) is 25.6 Å². The van der Waals surface area contributed by atoms with Crippen molar-refractivity contribution in [3.63, 3.8) is 0 Å². The lowest BCUT2D eigenvalue weighted by molar-refractivity contribution is 0.190. The number of benzene rings is 1. The molecule has 8 nitrogen and oxygen atoms in total. The Balaban J connectivity index is 1.56. The molecule has 0 fully saturated rings. The first kappa shape index (κ1) is 20.3. The Bertz CT molecular complexity index is 951. The van der Waals surface area contributed by atoms with E-state index in [1.165, 1.54) is 12.4 Å². The van der Waals surface area contributed by atoms with Crippen LogP contribution in [0, 0.1) is 0 Å². The van der Waals surface area contributed by atoms with Gasteiger partial charge in [0.1, 0.15) is 5.75 Å². The van der Waals surface area contributed by atoms with Crippen molar-refractivity contribution in [1.82, 2.24) is 20.3 Å². The van der Waals surface area contributed by atoms with Gasteiger partial charge in [0.15, 0.2) is 0 Å². The van der Waals surface area contributed by atoms with Crippen LogP contribution in [-0.2, 0) is 13.0 Å². The number of hydrogen-bond donors (Lipinski definition) is 3. The molecule has 0 spiro atoms. The first-order valence-corrected chi connectivity index (χ1v) is 9.28. The van der Waals surface area contributed by atoms with E-state index in [4.69, 9.17) is 21.4 Å². The fourth-order valence-corrected chi connectivity index (χ4v) is 2.73. The highest BCUT2D eigenvalue weighted by molar-refractivity contribution is 6.30. The van der Waals surface area contributed by atoms with E-state index >= 15 is 0 Å². The number of nitrogens with one attached hydrogen (secondary N) is 2. The Labute approximate surface area is 173 Å². The van der Waals surface area contributed by atoms with Crippen LogP contribution >= 0.6 is 11.6 Å². The van der Waals surface area contributed by atoms with E-state index < -0.39 is 6.09 Å². The molecule has 29 heavy (non-hydrogen) atoms. The molecule has 0 saturated carbocycles. The van der Waals surface area contributed by atoms with Crippen LogP contribution in [0.2, 0.25) is 5.02 Å². The number of pyridine rings is 1. The van der Waals surface area contributed by atoms with E-state index in [-0.39, 0.29) is 6.04 Å². The number of halogens is 1. The lowest BCUT2D eigenvalue weighted by Gasteiger charge is -2.12. The van der Waals surface area contributed by atoms with Crippen LogP contribution in [0.15, 0.2) is 55.0 Å². The highest BCUT2D eigenvalue weighted by Crippen LogP contribution is 2.21. The summed E-state index contributed by atoms with van der Waals surface area (Å²) >= 11 is 5.78. The third-order valence-electron chi connectivity index (χ3n) is 3.93. The Morgan fingerprint density at radius 2 is 1.86 bits per heavy atom. The maximum Gasteiger partial charge on any atom is 0.404 e. The first-order valence-electron chi connectivity index (χ1n) is 8.90. The largest absolute Gasteiger partial charge is 0.465 e. The fourth-order valence-electron chi connectivity index (χ4n) is 2.63. The zero-order valence-electron chi connectivity index (χ0n) is 15.7. The van der Waals surface area contributed by atoms with E-state index in [0.29, 0.717) is 35.6 Å². The number of carboxylic acid groups (broad SMARTS) is 1. The van der Waals surface area contributed by atoms with Gasteiger partial charge in [-0.1, -0.05) is 23.7 Å². The first-order chi connectivity index (χ1) is 14.0. The van der Waals surface area contributed by atoms with Crippen molar-refractivity contribution in [3.8, 4) is 11.6 Å². The molecule has 0 saturated heterocycles. The molecule has 0 bridgehead atoms. The van der Waals surface area contributed by atoms with Crippen LogP contribution in [0.1, 0.15) is 18.1 Å². The van der Waals surface area contributed by atoms with E-state index in [1.54, 1.807) is 6.20 Å². The molecule has 0 aliphatic rings. The molecule has 3 rings (SSSR count). The third-order valence-corrected chi connectivity index (χ3v) is 4.12. The van der Waals surface area contributed by atoms with E-state index in [1.807, 2.05) is 43.3 Å². The number of aromatic nitrogens is 3. The summed E-state index contributed by atoms with van der Waals surface area (Å²) < 4.78 is 5.81. The summed E-state index contributed by atoms with van der Waals surface area (Å²) in [5.74, 6) is 1.59. The zero-order valence-corrected chi connectivity index (χ0v) is 16.4. The number of nitrogens with zero attached hydrogens (tertiary/aromatic N) is 3. The van der Waals surface area contributed by atoms with Gasteiger partial charge in [-0.05, 0) is 42.7 Å². The summed E-state index contributed by atoms with van der Waals surface area (Å²) in [6.07, 6.45) is 4.29. The molecule has 9 heteroatoms. The maximum absolute atomic E-state index is 10.7. The fraction of sp³-hybridized carbons (Fsp3) is 0.200. The molecule has 2 aromatic heterocycles. The Kier molecular flexibility index (Phi) is 6.80. The summed E-state index contributed by atoms with van der Waals surface area (Å²) in [4.78, 5) is 23.1. The van der Waals surface area contributed by atoms with Gasteiger partial charge in [0.25, 0.3) is 0 Å². The summed E-state index contributed by atoms with van der Waals surface area (Å²) in [5, 5.41) is 14.8. The minimum Gasteiger partial charge on any atom is -0.465 e. The SMILES string of the molecule is CC(Cc1ccc(Oc2cc(CNc3ncc(Cl)cn3)ccn2)cc1)NC(=O)O. The van der Waals surface area contributed by atoms with Crippen molar-refractivity contribution in [2.75, 3.05) is 5.32 Å². The predicted molar refractivity (Wildman–Crippen MR) is 109 cm³/mol. The molecule has 0 aliphatic heterocycles. The summed E-state index contributed by atoms with van der Waals surface area (Å²) in [6, 6.07) is 11.0. The molecule has 150 valence electrons. The van der Waals surface area contributed by atoms with Gasteiger partial charge in [0.05, 0.1) is 17.4 Å². The van der Waals surface area contributed by atoms with Crippen LogP contribution in [0.3, 0.4) is 0 Å². The average molecular weight is 414 g/mol. The lowest BCUT2D eigenvalue weighted by atomic mass is 10.1. The highest BCUT2D eigenvalue weighted by Gasteiger charge is 2.07. The second-order valence-corrected chi connectivity index (χ2v) is 6.82. The minimum atomic E-state index is -1.03. The number of carbonyl (C=O) groups is 1. The molecule has 0 radical (unpaired) electrons. The minimum absolute atomic E-state index is 0.172. The third kappa shape index (κ3) is 6.62. The topological polar surface area (TPSA) is 109 Å². The van der Waals surface area contributed by atoms with E-state index in [9.17, 15) is 4.79 Å². The molecule has 3 aromatic rings. The van der Waals surface area contributed by atoms with Gasteiger partial charge < -0.3 is 20.5 Å². The second kappa shape index (κ2) is 9.70. The average Bonchev–Trinajstić information content (AvgIpc) is 2.69. The summed E-state index contributed by atoms with van der Waals surface area (Å²) in [7, 11) is 0. The van der Waals surface area contributed by atoms with Gasteiger partial charge in [-0.2, -0.15) is 0 Å². The number of hydrogen-bond acceptors (Lipinski definition) is 6. The smallest absolute Gasteiger partial charge is 0.404 e. The Morgan fingerprint density at radius 3 is 2.55 bits per heavy atom. The van der Waals surface area contributed by atoms with Crippen LogP contribution in [0.4, 0.5) is 10.7 Å². The molecule has 1 aromatic carbocycles. The molecule has 1 amide bonds. The van der Waals surface area contributed by atoms with Crippen molar-refractivity contribution in [2.45, 2.75) is 25.9 Å². The zero-order chi connectivity index (χ0) is 20.6. The monoisotopic (exact) mass is 413 g/mol. The molecule has 3 N–H and O–H groups in total. The number of ether oxygens (including phenoxy) is 1.